The van der Waals surface area contributed by atoms with E-state index in [1.807, 2.05) is 44.7 Å². The monoisotopic (exact) mass is 585 g/mol. The SMILES string of the molecule is CCOC(=O)CCCCOc1cccc2c1O[C@@](C)(CCC=C(C)C)[C@H]1C[C@H]3CN(C(=O)OC(C)(C)C)CC[C@@H]3O[C@H]21. The standard InChI is InChI=1S/C34H51NO7/c1-8-38-29(36)16-9-10-20-39-28-15-11-14-25-30-26(34(7,41-31(25)28)18-12-13-23(2)3)21-24-22-35(19-17-27(24)40-30)32(37)42-33(4,5)6/h11,13-15,24,26-27,30H,8-10,12,16-22H2,1-7H3/t24-,26-,27-,30+,34-/m0/s1. The maximum absolute atomic E-state index is 12.9. The number of carbonyl (C=O) groups is 2. The number of carbonyl (C=O) groups excluding carboxylic acids is 2. The van der Waals surface area contributed by atoms with Crippen LogP contribution in [0.5, 0.6) is 11.5 Å². The number of hydrogen-bond acceptors (Lipinski definition) is 7. The summed E-state index contributed by atoms with van der Waals surface area (Å²) < 4.78 is 30.8. The summed E-state index contributed by atoms with van der Waals surface area (Å²) in [6.07, 6.45) is 7.31. The second-order valence-electron chi connectivity index (χ2n) is 13.4. The first-order chi connectivity index (χ1) is 19.9. The van der Waals surface area contributed by atoms with Gasteiger partial charge in [0.15, 0.2) is 11.5 Å². The Balaban J connectivity index is 1.52. The van der Waals surface area contributed by atoms with Gasteiger partial charge in [0.1, 0.15) is 11.2 Å². The zero-order valence-electron chi connectivity index (χ0n) is 26.7. The fourth-order valence-corrected chi connectivity index (χ4v) is 6.46. The number of unbranched alkanes of at least 4 members (excludes halogenated alkanes) is 1. The Morgan fingerprint density at radius 1 is 1.19 bits per heavy atom. The Labute approximate surface area is 252 Å². The van der Waals surface area contributed by atoms with Crippen LogP contribution in [0.3, 0.4) is 0 Å². The molecule has 8 heteroatoms. The predicted octanol–water partition coefficient (Wildman–Crippen LogP) is 7.40. The van der Waals surface area contributed by atoms with Crippen molar-refractivity contribution in [3.8, 4) is 11.5 Å². The number of ether oxygens (including phenoxy) is 5. The molecule has 3 aliphatic rings. The van der Waals surface area contributed by atoms with Gasteiger partial charge in [-0.05, 0) is 93.1 Å². The predicted molar refractivity (Wildman–Crippen MR) is 162 cm³/mol. The fourth-order valence-electron chi connectivity index (χ4n) is 6.46. The summed E-state index contributed by atoms with van der Waals surface area (Å²) >= 11 is 0. The van der Waals surface area contributed by atoms with Crippen LogP contribution < -0.4 is 9.47 Å². The third-order valence-electron chi connectivity index (χ3n) is 8.53. The zero-order chi connectivity index (χ0) is 30.5. The highest BCUT2D eigenvalue weighted by atomic mass is 16.6. The number of para-hydroxylation sites is 1. The number of rotatable bonds is 10. The van der Waals surface area contributed by atoms with E-state index in [1.54, 1.807) is 0 Å². The van der Waals surface area contributed by atoms with Gasteiger partial charge in [0, 0.05) is 36.9 Å². The number of esters is 1. The van der Waals surface area contributed by atoms with Crippen molar-refractivity contribution in [3.63, 3.8) is 0 Å². The van der Waals surface area contributed by atoms with Crippen LogP contribution in [0.1, 0.15) is 105 Å². The van der Waals surface area contributed by atoms with E-state index >= 15 is 0 Å². The van der Waals surface area contributed by atoms with Crippen molar-refractivity contribution in [3.05, 3.63) is 35.4 Å². The van der Waals surface area contributed by atoms with E-state index in [-0.39, 0.29) is 36.1 Å². The molecule has 3 heterocycles. The molecule has 2 fully saturated rings. The molecule has 0 N–H and O–H groups in total. The largest absolute Gasteiger partial charge is 0.490 e. The molecular weight excluding hydrogens is 534 g/mol. The van der Waals surface area contributed by atoms with Crippen molar-refractivity contribution in [1.29, 1.82) is 0 Å². The first-order valence-electron chi connectivity index (χ1n) is 15.8. The van der Waals surface area contributed by atoms with Crippen molar-refractivity contribution in [2.75, 3.05) is 26.3 Å². The molecule has 1 aromatic rings. The number of likely N-dealkylation sites (tertiary alicyclic amines) is 1. The van der Waals surface area contributed by atoms with Gasteiger partial charge in [0.25, 0.3) is 0 Å². The molecule has 0 bridgehead atoms. The van der Waals surface area contributed by atoms with Crippen LogP contribution in [0.15, 0.2) is 29.8 Å². The second kappa shape index (κ2) is 13.7. The summed E-state index contributed by atoms with van der Waals surface area (Å²) in [4.78, 5) is 26.4. The maximum atomic E-state index is 12.9. The van der Waals surface area contributed by atoms with Crippen molar-refractivity contribution in [2.45, 2.75) is 117 Å². The minimum absolute atomic E-state index is 0.0744. The molecule has 1 amide bonds. The highest BCUT2D eigenvalue weighted by Gasteiger charge is 2.54. The van der Waals surface area contributed by atoms with Crippen molar-refractivity contribution >= 4 is 12.1 Å². The molecule has 5 atom stereocenters. The molecule has 2 saturated heterocycles. The molecule has 234 valence electrons. The van der Waals surface area contributed by atoms with Gasteiger partial charge in [-0.1, -0.05) is 23.8 Å². The van der Waals surface area contributed by atoms with Gasteiger partial charge >= 0.3 is 12.1 Å². The minimum Gasteiger partial charge on any atom is -0.490 e. The molecular formula is C34H51NO7. The molecule has 0 saturated carbocycles. The number of hydrogen-bond donors (Lipinski definition) is 0. The Bertz CT molecular complexity index is 1120. The Kier molecular flexibility index (Phi) is 10.5. The molecule has 1 aromatic carbocycles. The van der Waals surface area contributed by atoms with Gasteiger partial charge in [-0.25, -0.2) is 4.79 Å². The Hall–Kier alpha value is -2.74. The third-order valence-corrected chi connectivity index (χ3v) is 8.53. The van der Waals surface area contributed by atoms with Crippen LogP contribution in [-0.4, -0.2) is 60.6 Å². The summed E-state index contributed by atoms with van der Waals surface area (Å²) in [6.45, 7) is 16.2. The van der Waals surface area contributed by atoms with Crippen LogP contribution in [0.2, 0.25) is 0 Å². The molecule has 0 aliphatic carbocycles. The van der Waals surface area contributed by atoms with Crippen LogP contribution in [0.4, 0.5) is 4.79 Å². The molecule has 3 aliphatic heterocycles. The number of benzene rings is 1. The highest BCUT2D eigenvalue weighted by Crippen LogP contribution is 2.56. The van der Waals surface area contributed by atoms with E-state index in [4.69, 9.17) is 23.7 Å². The van der Waals surface area contributed by atoms with E-state index < -0.39 is 11.2 Å². The smallest absolute Gasteiger partial charge is 0.410 e. The number of piperidine rings is 1. The van der Waals surface area contributed by atoms with Crippen LogP contribution in [0.25, 0.3) is 0 Å². The highest BCUT2D eigenvalue weighted by molar-refractivity contribution is 5.69. The summed E-state index contributed by atoms with van der Waals surface area (Å²) in [6, 6.07) is 6.08. The third kappa shape index (κ3) is 8.00. The Morgan fingerprint density at radius 3 is 2.69 bits per heavy atom. The zero-order valence-corrected chi connectivity index (χ0v) is 26.7. The van der Waals surface area contributed by atoms with E-state index in [2.05, 4.69) is 32.9 Å². The average Bonchev–Trinajstić information content (AvgIpc) is 2.91. The van der Waals surface area contributed by atoms with E-state index in [1.165, 1.54) is 5.57 Å². The molecule has 0 unspecified atom stereocenters. The lowest BCUT2D eigenvalue weighted by Gasteiger charge is -2.54. The lowest BCUT2D eigenvalue weighted by molar-refractivity contribution is -0.191. The van der Waals surface area contributed by atoms with Crippen molar-refractivity contribution in [2.24, 2.45) is 11.8 Å². The molecule has 0 aromatic heterocycles. The van der Waals surface area contributed by atoms with Crippen LogP contribution >= 0.6 is 0 Å². The lowest BCUT2D eigenvalue weighted by Crippen LogP contribution is -2.57. The molecule has 0 spiro atoms. The maximum Gasteiger partial charge on any atom is 0.410 e. The van der Waals surface area contributed by atoms with Crippen LogP contribution in [-0.2, 0) is 19.0 Å². The van der Waals surface area contributed by atoms with E-state index in [0.717, 1.165) is 49.2 Å². The van der Waals surface area contributed by atoms with Gasteiger partial charge in [0.2, 0.25) is 0 Å². The van der Waals surface area contributed by atoms with Gasteiger partial charge in [-0.3, -0.25) is 4.79 Å². The summed E-state index contributed by atoms with van der Waals surface area (Å²) in [7, 11) is 0. The first kappa shape index (κ1) is 32.2. The second-order valence-corrected chi connectivity index (χ2v) is 13.4. The minimum atomic E-state index is -0.521. The van der Waals surface area contributed by atoms with E-state index in [9.17, 15) is 9.59 Å². The van der Waals surface area contributed by atoms with Gasteiger partial charge < -0.3 is 28.6 Å². The number of allylic oxidation sites excluding steroid dienone is 2. The summed E-state index contributed by atoms with van der Waals surface area (Å²) in [5.74, 6) is 1.68. The van der Waals surface area contributed by atoms with Crippen molar-refractivity contribution < 1.29 is 33.3 Å². The molecule has 4 rings (SSSR count). The summed E-state index contributed by atoms with van der Waals surface area (Å²) in [5.41, 5.74) is 1.34. The average molecular weight is 586 g/mol. The van der Waals surface area contributed by atoms with Gasteiger partial charge in [-0.2, -0.15) is 0 Å². The molecule has 42 heavy (non-hydrogen) atoms. The van der Waals surface area contributed by atoms with Gasteiger partial charge in [-0.15, -0.1) is 0 Å². The fraction of sp³-hybridized carbons (Fsp3) is 0.706. The lowest BCUT2D eigenvalue weighted by atomic mass is 9.68. The van der Waals surface area contributed by atoms with Crippen molar-refractivity contribution in [1.82, 2.24) is 4.90 Å². The number of nitrogens with zero attached hydrogens (tertiary/aromatic N) is 1. The molecule has 0 radical (unpaired) electrons. The van der Waals surface area contributed by atoms with E-state index in [0.29, 0.717) is 39.1 Å². The molecule has 8 nitrogen and oxygen atoms in total. The topological polar surface area (TPSA) is 83.5 Å². The quantitative estimate of drug-likeness (QED) is 0.161. The van der Waals surface area contributed by atoms with Gasteiger partial charge in [0.05, 0.1) is 25.4 Å². The van der Waals surface area contributed by atoms with Crippen LogP contribution in [0, 0.1) is 11.8 Å². The normalized spacial score (nSPS) is 26.6. The number of fused-ring (bicyclic) bond motifs is 4. The Morgan fingerprint density at radius 2 is 1.98 bits per heavy atom. The number of amides is 1. The first-order valence-corrected chi connectivity index (χ1v) is 15.8. The summed E-state index contributed by atoms with van der Waals surface area (Å²) in [5, 5.41) is 0.